The molecule has 0 saturated carbocycles. The Bertz CT molecular complexity index is 4140. The number of nitrogens with one attached hydrogen (secondary N) is 5. The number of nitrogens with zero attached hydrogens (tertiary/aromatic N) is 5. The molecule has 8 rings (SSSR count). The monoisotopic (exact) mass is 1520 g/mol. The predicted molar refractivity (Wildman–Crippen MR) is 398 cm³/mol. The van der Waals surface area contributed by atoms with Crippen molar-refractivity contribution in [2.45, 2.75) is 77.9 Å². The molecule has 0 aliphatic carbocycles. The van der Waals surface area contributed by atoms with E-state index in [1.165, 1.54) is 23.0 Å². The molecule has 0 fully saturated rings. The molecule has 580 valence electrons. The number of anilines is 3. The molecule has 6 aromatic rings. The van der Waals surface area contributed by atoms with Crippen molar-refractivity contribution >= 4 is 116 Å². The van der Waals surface area contributed by atoms with Gasteiger partial charge in [-0.05, 0) is 109 Å². The molecule has 0 radical (unpaired) electrons. The number of halogens is 1. The Balaban J connectivity index is 0.854. The maximum atomic E-state index is 14.8. The number of likely N-dealkylation sites (N-methyl/N-ethyl adjacent to an activating group) is 1. The van der Waals surface area contributed by atoms with Gasteiger partial charge in [-0.2, -0.15) is 0 Å². The second-order valence-corrected chi connectivity index (χ2v) is 26.1. The van der Waals surface area contributed by atoms with E-state index in [9.17, 15) is 52.7 Å². The number of amides is 11. The summed E-state index contributed by atoms with van der Waals surface area (Å²) in [5.41, 5.74) is 14.8. The van der Waals surface area contributed by atoms with E-state index in [2.05, 4.69) is 31.2 Å². The smallest absolute Gasteiger partial charge is 0.415 e. The maximum absolute atomic E-state index is 14.8. The number of imide groups is 1. The van der Waals surface area contributed by atoms with Crippen molar-refractivity contribution in [2.24, 2.45) is 23.3 Å². The number of benzene rings is 4. The molecule has 10 N–H and O–H groups in total. The van der Waals surface area contributed by atoms with E-state index in [0.717, 1.165) is 33.6 Å². The molecule has 3 atom stereocenters. The number of alkyl halides is 1. The zero-order valence-corrected chi connectivity index (χ0v) is 61.5. The molecule has 11 amide bonds. The van der Waals surface area contributed by atoms with Gasteiger partial charge < -0.3 is 95.4 Å². The Kier molecular flexibility index (Phi) is 32.2. The van der Waals surface area contributed by atoms with Crippen LogP contribution >= 0.6 is 11.6 Å². The number of Topliss-reactive ketones (excluding diaryl/α,β-unsaturated/α-hetero) is 1. The first-order valence-corrected chi connectivity index (χ1v) is 36.0. The van der Waals surface area contributed by atoms with Crippen molar-refractivity contribution in [1.82, 2.24) is 35.3 Å². The zero-order valence-electron chi connectivity index (χ0n) is 60.8. The van der Waals surface area contributed by atoms with Gasteiger partial charge in [0.05, 0.1) is 89.4 Å². The van der Waals surface area contributed by atoms with Crippen LogP contribution in [0.4, 0.5) is 36.4 Å². The van der Waals surface area contributed by atoms with Crippen LogP contribution in [0.25, 0.3) is 21.7 Å². The number of aliphatic hydroxyl groups is 1. The van der Waals surface area contributed by atoms with E-state index in [4.69, 9.17) is 66.1 Å². The lowest BCUT2D eigenvalue weighted by atomic mass is 9.89. The number of carbonyl (C=O) groups is 11. The number of primary amides is 2. The lowest BCUT2D eigenvalue weighted by molar-refractivity contribution is -0.137. The summed E-state index contributed by atoms with van der Waals surface area (Å²) in [4.78, 5) is 156. The van der Waals surface area contributed by atoms with Crippen LogP contribution in [0.15, 0.2) is 103 Å². The van der Waals surface area contributed by atoms with Crippen molar-refractivity contribution in [1.29, 1.82) is 0 Å². The summed E-state index contributed by atoms with van der Waals surface area (Å²) >= 11 is 6.71. The average molecular weight is 1520 g/mol. The number of alkyl carbamates (subject to hydrolysis) is 1. The number of aryl methyl sites for hydroxylation is 1. The van der Waals surface area contributed by atoms with Crippen LogP contribution in [0.5, 0.6) is 11.5 Å². The topological polar surface area (TPSA) is 424 Å². The lowest BCUT2D eigenvalue weighted by Gasteiger charge is -2.26. The molecule has 2 aromatic heterocycles. The first-order chi connectivity index (χ1) is 52.0. The Morgan fingerprint density at radius 3 is 2.15 bits per heavy atom. The van der Waals surface area contributed by atoms with Gasteiger partial charge in [0.25, 0.3) is 23.6 Å². The maximum Gasteiger partial charge on any atom is 0.415 e. The lowest BCUT2D eigenvalue weighted by Crippen LogP contribution is -2.46. The normalized spacial score (nSPS) is 13.6. The fourth-order valence-corrected chi connectivity index (χ4v) is 12.2. The molecular formula is C75H93ClN12O20. The molecule has 32 nitrogen and oxygen atoms in total. The number of urea groups is 1. The average Bonchev–Trinajstić information content (AvgIpc) is 1.55. The first kappa shape index (κ1) is 82.9. The minimum absolute atomic E-state index is 0.0140. The second-order valence-electron chi connectivity index (χ2n) is 25.8. The van der Waals surface area contributed by atoms with Crippen molar-refractivity contribution < 1.29 is 95.7 Å². The SMILES string of the molecule is Cc1cccc2c(OC(=O)N(CCCCC(N)=O)CCN(C)C(=O)OCc3ccc(NC(=O)[C@H](CCCNC(N)=O)CC(=O)[C@@H](NC(=O)OCCOCCN4C(=O)C=CC4=O)C(C)C)cc3)cc3c(c12)[C@H](CCl)CN3C(=O)c1cc2cc(NC(=O)c3ccc(OCCOCCOCCOCCO)cc3)ncc2[nH]1. The number of ether oxygens (including phenoxy) is 8. The van der Waals surface area contributed by atoms with Gasteiger partial charge >= 0.3 is 24.3 Å². The number of carbonyl (C=O) groups excluding carboxylic acids is 11. The summed E-state index contributed by atoms with van der Waals surface area (Å²) in [6, 6.07) is 21.7. The molecule has 0 unspecified atom stereocenters. The van der Waals surface area contributed by atoms with Gasteiger partial charge in [-0.3, -0.25) is 38.5 Å². The van der Waals surface area contributed by atoms with Crippen molar-refractivity contribution in [2.75, 3.05) is 140 Å². The third-order valence-corrected chi connectivity index (χ3v) is 17.9. The quantitative estimate of drug-likeness (QED) is 0.0108. The van der Waals surface area contributed by atoms with Crippen molar-refractivity contribution in [3.8, 4) is 11.5 Å². The van der Waals surface area contributed by atoms with Gasteiger partial charge in [0.2, 0.25) is 11.8 Å². The molecule has 2 aliphatic heterocycles. The first-order valence-electron chi connectivity index (χ1n) is 35.5. The molecule has 4 heterocycles. The number of rotatable bonds is 44. The number of hydrogen-bond acceptors (Lipinski definition) is 21. The van der Waals surface area contributed by atoms with Crippen LogP contribution in [0.2, 0.25) is 0 Å². The molecule has 2 aliphatic rings. The van der Waals surface area contributed by atoms with Gasteiger partial charge in [-0.1, -0.05) is 44.2 Å². The summed E-state index contributed by atoms with van der Waals surface area (Å²) < 4.78 is 44.4. The van der Waals surface area contributed by atoms with E-state index in [1.54, 1.807) is 85.5 Å². The number of aromatic nitrogens is 2. The van der Waals surface area contributed by atoms with Crippen LogP contribution in [0.3, 0.4) is 0 Å². The third-order valence-electron chi connectivity index (χ3n) is 17.6. The van der Waals surface area contributed by atoms with Crippen LogP contribution in [-0.2, 0) is 59.0 Å². The van der Waals surface area contributed by atoms with Gasteiger partial charge in [-0.15, -0.1) is 11.6 Å². The van der Waals surface area contributed by atoms with Gasteiger partial charge in [0.15, 0.2) is 5.78 Å². The number of aliphatic hydroxyl groups excluding tert-OH is 1. The van der Waals surface area contributed by atoms with E-state index in [-0.39, 0.29) is 140 Å². The molecule has 108 heavy (non-hydrogen) atoms. The fraction of sp³-hybridized carbons (Fsp3) is 0.440. The number of nitrogens with two attached hydrogens (primary N) is 2. The highest BCUT2D eigenvalue weighted by Crippen LogP contribution is 2.47. The number of hydrogen-bond donors (Lipinski definition) is 8. The van der Waals surface area contributed by atoms with E-state index in [1.807, 2.05) is 25.1 Å². The Morgan fingerprint density at radius 1 is 0.769 bits per heavy atom. The minimum Gasteiger partial charge on any atom is -0.491 e. The van der Waals surface area contributed by atoms with Gasteiger partial charge in [0.1, 0.15) is 42.8 Å². The molecule has 4 aromatic carbocycles. The summed E-state index contributed by atoms with van der Waals surface area (Å²) in [5, 5.41) is 21.4. The molecule has 33 heteroatoms. The highest BCUT2D eigenvalue weighted by Gasteiger charge is 2.37. The molecule has 0 saturated heterocycles. The zero-order chi connectivity index (χ0) is 77.7. The number of aromatic amines is 1. The van der Waals surface area contributed by atoms with Gasteiger partial charge in [-0.25, -0.2) is 24.2 Å². The summed E-state index contributed by atoms with van der Waals surface area (Å²) in [6.07, 6.45) is 2.32. The Morgan fingerprint density at radius 2 is 1.46 bits per heavy atom. The Hall–Kier alpha value is -10.8. The van der Waals surface area contributed by atoms with Crippen LogP contribution in [-0.4, -0.2) is 226 Å². The van der Waals surface area contributed by atoms with Crippen molar-refractivity contribution in [3.05, 3.63) is 131 Å². The van der Waals surface area contributed by atoms with E-state index in [0.29, 0.717) is 90.4 Å². The number of H-pyrrole nitrogens is 1. The molecule has 0 bridgehead atoms. The Labute approximate surface area is 628 Å². The highest BCUT2D eigenvalue weighted by atomic mass is 35.5. The van der Waals surface area contributed by atoms with Crippen molar-refractivity contribution in [3.63, 3.8) is 0 Å². The largest absolute Gasteiger partial charge is 0.491 e. The fourth-order valence-electron chi connectivity index (χ4n) is 11.9. The number of unbranched alkanes of at least 4 members (excludes halogenated alkanes) is 1. The molecular weight excluding hydrogens is 1420 g/mol. The third kappa shape index (κ3) is 24.6. The highest BCUT2D eigenvalue weighted by molar-refractivity contribution is 6.20. The number of ketones is 1. The molecule has 0 spiro atoms. The predicted octanol–water partition coefficient (Wildman–Crippen LogP) is 7.06. The van der Waals surface area contributed by atoms with E-state index >= 15 is 0 Å². The van der Waals surface area contributed by atoms with Crippen LogP contribution in [0.1, 0.15) is 95.8 Å². The second kappa shape index (κ2) is 42.0. The number of pyridine rings is 1. The summed E-state index contributed by atoms with van der Waals surface area (Å²) in [5.74, 6) is -3.81. The van der Waals surface area contributed by atoms with Crippen LogP contribution < -0.4 is 47.1 Å². The summed E-state index contributed by atoms with van der Waals surface area (Å²) in [7, 11) is 1.50. The summed E-state index contributed by atoms with van der Waals surface area (Å²) in [6.45, 7) is 7.65. The standard InChI is InChI=1S/C75H93ClN12O20/c1-47(2)68(84-73(98)106-38-36-101-29-27-87-64(92)21-22-65(87)93)60(90)40-51(10-8-23-79-72(78)97)70(95)81-54-17-13-49(14-18-54)46-107-74(99)85(4)25-26-86(24-6-5-12-62(77)91)75(100)108-61-42-59-67(66-48(3)9-7-11-56(61)66)53(43-76)45-88(59)71(96)57-39-52-41-63(80-44-58(52)82-57)83-69(94)50-15-19-55(20-16-50)105-37-35-104-34-33-103-32-31-102-30-28-89/h7,9,11,13-22,39,41-42,44,47,51,53,68,82,89H,5-6,8,10,12,23-38,40,43,45-46H2,1-4H3,(H2,77,91)(H,81,95)(H,84,98)(H3,78,79,97)(H,80,83,94)/t51-,53-,68+/m1/s1. The van der Waals surface area contributed by atoms with Crippen LogP contribution in [0, 0.1) is 18.8 Å². The van der Waals surface area contributed by atoms with E-state index < -0.39 is 83.4 Å². The van der Waals surface area contributed by atoms with Gasteiger partial charge in [0, 0.05) is 111 Å². The number of fused-ring (bicyclic) bond motifs is 4. The minimum atomic E-state index is -1.05.